The number of carboxylic acids is 1. The lowest BCUT2D eigenvalue weighted by Crippen LogP contribution is -2.05. The summed E-state index contributed by atoms with van der Waals surface area (Å²) in [6, 6.07) is 1.07. The van der Waals surface area contributed by atoms with Crippen molar-refractivity contribution < 1.29 is 18.7 Å². The Balaban J connectivity index is 3.32. The van der Waals surface area contributed by atoms with Gasteiger partial charge in [-0.25, -0.2) is 18.6 Å². The molecule has 0 aliphatic carbocycles. The van der Waals surface area contributed by atoms with E-state index in [9.17, 15) is 13.6 Å². The Morgan fingerprint density at radius 2 is 2.21 bits per heavy atom. The molecular formula is C8H6BrF2NO2. The number of alkyl halides is 2. The molecule has 1 aromatic heterocycles. The first-order chi connectivity index (χ1) is 6.43. The minimum Gasteiger partial charge on any atom is -0.478 e. The molecule has 0 saturated carbocycles. The second-order valence-corrected chi connectivity index (χ2v) is 3.39. The Morgan fingerprint density at radius 1 is 1.64 bits per heavy atom. The molecule has 1 heterocycles. The molecule has 0 aromatic carbocycles. The molecule has 6 heteroatoms. The number of aryl methyl sites for hydroxylation is 1. The summed E-state index contributed by atoms with van der Waals surface area (Å²) in [6.07, 6.45) is -2.70. The minimum atomic E-state index is -2.70. The van der Waals surface area contributed by atoms with Crippen LogP contribution in [0.1, 0.15) is 28.0 Å². The van der Waals surface area contributed by atoms with Gasteiger partial charge in [0.25, 0.3) is 6.43 Å². The van der Waals surface area contributed by atoms with Crippen molar-refractivity contribution in [1.82, 2.24) is 4.98 Å². The highest BCUT2D eigenvalue weighted by Gasteiger charge is 2.18. The third-order valence-electron chi connectivity index (χ3n) is 1.63. The molecule has 0 bridgehead atoms. The molecule has 1 aromatic rings. The van der Waals surface area contributed by atoms with Crippen molar-refractivity contribution >= 4 is 21.9 Å². The third-order valence-corrected chi connectivity index (χ3v) is 2.20. The van der Waals surface area contributed by atoms with Crippen molar-refractivity contribution in [2.24, 2.45) is 0 Å². The number of hydrogen-bond donors (Lipinski definition) is 1. The number of pyridine rings is 1. The normalized spacial score (nSPS) is 10.6. The molecule has 1 N–H and O–H groups in total. The minimum absolute atomic E-state index is 0.0692. The number of rotatable bonds is 2. The van der Waals surface area contributed by atoms with Gasteiger partial charge in [0.05, 0.1) is 5.56 Å². The SMILES string of the molecule is Cc1cc(C(F)F)nc(Br)c1C(=O)O. The van der Waals surface area contributed by atoms with E-state index in [0.29, 0.717) is 0 Å². The molecule has 0 saturated heterocycles. The van der Waals surface area contributed by atoms with Gasteiger partial charge in [-0.15, -0.1) is 0 Å². The van der Waals surface area contributed by atoms with Crippen LogP contribution in [0.5, 0.6) is 0 Å². The van der Waals surface area contributed by atoms with E-state index >= 15 is 0 Å². The number of aromatic nitrogens is 1. The maximum atomic E-state index is 12.2. The second-order valence-electron chi connectivity index (χ2n) is 2.64. The molecule has 1 rings (SSSR count). The van der Waals surface area contributed by atoms with E-state index in [4.69, 9.17) is 5.11 Å². The van der Waals surface area contributed by atoms with Crippen molar-refractivity contribution in [3.05, 3.63) is 27.5 Å². The molecule has 0 spiro atoms. The highest BCUT2D eigenvalue weighted by atomic mass is 79.9. The van der Waals surface area contributed by atoms with Gasteiger partial charge in [0.1, 0.15) is 10.3 Å². The lowest BCUT2D eigenvalue weighted by atomic mass is 10.1. The summed E-state index contributed by atoms with van der Waals surface area (Å²) in [5, 5.41) is 8.72. The van der Waals surface area contributed by atoms with Crippen LogP contribution in [0.4, 0.5) is 8.78 Å². The standard InChI is InChI=1S/C8H6BrF2NO2/c1-3-2-4(7(10)11)12-6(9)5(3)8(13)14/h2,7H,1H3,(H,13,14). The summed E-state index contributed by atoms with van der Waals surface area (Å²) in [5.41, 5.74) is -0.261. The Kier molecular flexibility index (Phi) is 3.15. The largest absolute Gasteiger partial charge is 0.478 e. The Bertz CT molecular complexity index is 359. The first-order valence-corrected chi connectivity index (χ1v) is 4.41. The van der Waals surface area contributed by atoms with Gasteiger partial charge in [0, 0.05) is 0 Å². The van der Waals surface area contributed by atoms with Crippen LogP contribution in [-0.2, 0) is 0 Å². The Labute approximate surface area is 86.9 Å². The molecule has 3 nitrogen and oxygen atoms in total. The lowest BCUT2D eigenvalue weighted by Gasteiger charge is -2.06. The quantitative estimate of drug-likeness (QED) is 0.837. The molecule has 0 unspecified atom stereocenters. The topological polar surface area (TPSA) is 50.2 Å². The van der Waals surface area contributed by atoms with Gasteiger partial charge < -0.3 is 5.11 Å². The van der Waals surface area contributed by atoms with Gasteiger partial charge in [-0.3, -0.25) is 0 Å². The molecule has 0 atom stereocenters. The van der Waals surface area contributed by atoms with E-state index in [0.717, 1.165) is 6.07 Å². The zero-order valence-corrected chi connectivity index (χ0v) is 8.68. The monoisotopic (exact) mass is 265 g/mol. The molecule has 0 aliphatic heterocycles. The van der Waals surface area contributed by atoms with E-state index in [2.05, 4.69) is 20.9 Å². The molecule has 0 aliphatic rings. The maximum absolute atomic E-state index is 12.2. The maximum Gasteiger partial charge on any atom is 0.338 e. The summed E-state index contributed by atoms with van der Waals surface area (Å²) in [4.78, 5) is 14.1. The highest BCUT2D eigenvalue weighted by Crippen LogP contribution is 2.24. The zero-order chi connectivity index (χ0) is 10.9. The Morgan fingerprint density at radius 3 is 2.57 bits per heavy atom. The highest BCUT2D eigenvalue weighted by molar-refractivity contribution is 9.10. The van der Waals surface area contributed by atoms with Crippen LogP contribution in [0.25, 0.3) is 0 Å². The number of aromatic carboxylic acids is 1. The fourth-order valence-corrected chi connectivity index (χ4v) is 1.71. The molecule has 14 heavy (non-hydrogen) atoms. The van der Waals surface area contributed by atoms with Crippen LogP contribution in [0, 0.1) is 6.92 Å². The van der Waals surface area contributed by atoms with Crippen molar-refractivity contribution in [3.63, 3.8) is 0 Å². The van der Waals surface area contributed by atoms with Crippen molar-refractivity contribution in [3.8, 4) is 0 Å². The second kappa shape index (κ2) is 4.00. The van der Waals surface area contributed by atoms with Crippen LogP contribution in [-0.4, -0.2) is 16.1 Å². The summed E-state index contributed by atoms with van der Waals surface area (Å²) >= 11 is 2.84. The predicted octanol–water partition coefficient (Wildman–Crippen LogP) is 2.79. The lowest BCUT2D eigenvalue weighted by molar-refractivity contribution is 0.0693. The molecule has 76 valence electrons. The number of carboxylic acid groups (broad SMARTS) is 1. The summed E-state index contributed by atoms with van der Waals surface area (Å²) in [5.74, 6) is -1.19. The van der Waals surface area contributed by atoms with Crippen molar-refractivity contribution in [2.75, 3.05) is 0 Å². The fraction of sp³-hybridized carbons (Fsp3) is 0.250. The number of nitrogens with zero attached hydrogens (tertiary/aromatic N) is 1. The summed E-state index contributed by atoms with van der Waals surface area (Å²) < 4.78 is 24.4. The van der Waals surface area contributed by atoms with Crippen molar-refractivity contribution in [1.29, 1.82) is 0 Å². The summed E-state index contributed by atoms with van der Waals surface area (Å²) in [6.45, 7) is 1.45. The van der Waals surface area contributed by atoms with Crippen LogP contribution in [0.2, 0.25) is 0 Å². The molecule has 0 radical (unpaired) electrons. The third kappa shape index (κ3) is 2.06. The smallest absolute Gasteiger partial charge is 0.338 e. The van der Waals surface area contributed by atoms with Crippen LogP contribution in [0.3, 0.4) is 0 Å². The average molecular weight is 266 g/mol. The fourth-order valence-electron chi connectivity index (χ4n) is 1.03. The van der Waals surface area contributed by atoms with E-state index in [1.54, 1.807) is 0 Å². The van der Waals surface area contributed by atoms with Crippen LogP contribution < -0.4 is 0 Å². The van der Waals surface area contributed by atoms with E-state index in [1.165, 1.54) is 6.92 Å². The van der Waals surface area contributed by atoms with E-state index in [1.807, 2.05) is 0 Å². The van der Waals surface area contributed by atoms with Crippen LogP contribution >= 0.6 is 15.9 Å². The Hall–Kier alpha value is -1.04. The van der Waals surface area contributed by atoms with E-state index < -0.39 is 18.1 Å². The molecule has 0 amide bonds. The van der Waals surface area contributed by atoms with Gasteiger partial charge in [-0.1, -0.05) is 0 Å². The zero-order valence-electron chi connectivity index (χ0n) is 7.09. The first kappa shape index (κ1) is 11.0. The number of halogens is 3. The number of hydrogen-bond acceptors (Lipinski definition) is 2. The van der Waals surface area contributed by atoms with Gasteiger partial charge in [0.2, 0.25) is 0 Å². The first-order valence-electron chi connectivity index (χ1n) is 3.62. The summed E-state index contributed by atoms with van der Waals surface area (Å²) in [7, 11) is 0. The average Bonchev–Trinajstić information content (AvgIpc) is 2.01. The number of carbonyl (C=O) groups is 1. The van der Waals surface area contributed by atoms with Gasteiger partial charge >= 0.3 is 5.97 Å². The molecule has 0 fully saturated rings. The van der Waals surface area contributed by atoms with Crippen molar-refractivity contribution in [2.45, 2.75) is 13.3 Å². The van der Waals surface area contributed by atoms with E-state index in [-0.39, 0.29) is 15.7 Å². The van der Waals surface area contributed by atoms with Gasteiger partial charge in [-0.05, 0) is 34.5 Å². The predicted molar refractivity (Wildman–Crippen MR) is 48.6 cm³/mol. The molecular weight excluding hydrogens is 260 g/mol. The van der Waals surface area contributed by atoms with Gasteiger partial charge in [-0.2, -0.15) is 0 Å². The van der Waals surface area contributed by atoms with Crippen LogP contribution in [0.15, 0.2) is 10.7 Å². The van der Waals surface area contributed by atoms with Gasteiger partial charge in [0.15, 0.2) is 0 Å².